The minimum absolute atomic E-state index is 0.148. The standard InChI is InChI=1S/C19H23N3O2/c1-12-9-19(3,4)22(17-14(12)7-6-8-16(17)24-5)18(23)15-11-20-13(2)10-21-15/h6-8,10-12H,9H2,1-5H3. The van der Waals surface area contributed by atoms with Crippen LogP contribution >= 0.6 is 0 Å². The van der Waals surface area contributed by atoms with Crippen LogP contribution in [0.25, 0.3) is 0 Å². The normalized spacial score (nSPS) is 18.9. The zero-order chi connectivity index (χ0) is 17.5. The van der Waals surface area contributed by atoms with E-state index < -0.39 is 0 Å². The van der Waals surface area contributed by atoms with E-state index >= 15 is 0 Å². The molecule has 2 heterocycles. The van der Waals surface area contributed by atoms with Crippen LogP contribution in [0.3, 0.4) is 0 Å². The molecule has 1 aromatic carbocycles. The van der Waals surface area contributed by atoms with E-state index in [1.165, 1.54) is 0 Å². The summed E-state index contributed by atoms with van der Waals surface area (Å²) >= 11 is 0. The largest absolute Gasteiger partial charge is 0.495 e. The van der Waals surface area contributed by atoms with Crippen LogP contribution in [-0.4, -0.2) is 28.5 Å². The van der Waals surface area contributed by atoms with Crippen molar-refractivity contribution in [2.75, 3.05) is 12.0 Å². The number of benzene rings is 1. The molecule has 0 fully saturated rings. The maximum atomic E-state index is 13.2. The van der Waals surface area contributed by atoms with E-state index in [1.54, 1.807) is 19.5 Å². The van der Waals surface area contributed by atoms with Crippen LogP contribution in [0.1, 0.15) is 54.9 Å². The number of hydrogen-bond acceptors (Lipinski definition) is 4. The Labute approximate surface area is 142 Å². The van der Waals surface area contributed by atoms with Gasteiger partial charge in [0.15, 0.2) is 0 Å². The first kappa shape index (κ1) is 16.4. The second kappa shape index (κ2) is 5.89. The van der Waals surface area contributed by atoms with Crippen molar-refractivity contribution in [3.8, 4) is 5.75 Å². The number of fused-ring (bicyclic) bond motifs is 1. The lowest BCUT2D eigenvalue weighted by atomic mass is 9.79. The fraction of sp³-hybridized carbons (Fsp3) is 0.421. The first-order chi connectivity index (χ1) is 11.3. The zero-order valence-electron chi connectivity index (χ0n) is 14.8. The maximum Gasteiger partial charge on any atom is 0.279 e. The summed E-state index contributed by atoms with van der Waals surface area (Å²) in [6.45, 7) is 8.20. The summed E-state index contributed by atoms with van der Waals surface area (Å²) in [5.41, 5.74) is 2.76. The first-order valence-corrected chi connectivity index (χ1v) is 8.15. The van der Waals surface area contributed by atoms with Gasteiger partial charge in [-0.2, -0.15) is 0 Å². The Morgan fingerprint density at radius 3 is 2.67 bits per heavy atom. The molecule has 0 saturated carbocycles. The van der Waals surface area contributed by atoms with Crippen LogP contribution in [0, 0.1) is 6.92 Å². The molecular weight excluding hydrogens is 302 g/mol. The van der Waals surface area contributed by atoms with Crippen LogP contribution in [0.15, 0.2) is 30.6 Å². The third kappa shape index (κ3) is 2.64. The number of aromatic nitrogens is 2. The molecular formula is C19H23N3O2. The van der Waals surface area contributed by atoms with Gasteiger partial charge in [0.1, 0.15) is 11.4 Å². The van der Waals surface area contributed by atoms with Gasteiger partial charge in [-0.1, -0.05) is 19.1 Å². The quantitative estimate of drug-likeness (QED) is 0.844. The molecule has 1 unspecified atom stereocenters. The molecule has 5 heteroatoms. The maximum absolute atomic E-state index is 13.2. The van der Waals surface area contributed by atoms with Gasteiger partial charge in [-0.3, -0.25) is 14.7 Å². The number of para-hydroxylation sites is 1. The van der Waals surface area contributed by atoms with Gasteiger partial charge in [-0.25, -0.2) is 4.98 Å². The van der Waals surface area contributed by atoms with Crippen LogP contribution in [0.5, 0.6) is 5.75 Å². The molecule has 1 amide bonds. The van der Waals surface area contributed by atoms with Crippen LogP contribution < -0.4 is 9.64 Å². The molecule has 0 saturated heterocycles. The van der Waals surface area contributed by atoms with Crippen LogP contribution in [0.2, 0.25) is 0 Å². The topological polar surface area (TPSA) is 55.3 Å². The van der Waals surface area contributed by atoms with Crippen LogP contribution in [0.4, 0.5) is 5.69 Å². The van der Waals surface area contributed by atoms with Crippen molar-refractivity contribution in [3.63, 3.8) is 0 Å². The lowest BCUT2D eigenvalue weighted by Crippen LogP contribution is -2.52. The smallest absolute Gasteiger partial charge is 0.279 e. The summed E-state index contributed by atoms with van der Waals surface area (Å²) in [5, 5.41) is 0. The molecule has 0 bridgehead atoms. The van der Waals surface area contributed by atoms with Crippen LogP contribution in [-0.2, 0) is 0 Å². The van der Waals surface area contributed by atoms with Crippen molar-refractivity contribution in [2.45, 2.75) is 45.6 Å². The van der Waals surface area contributed by atoms with E-state index in [-0.39, 0.29) is 11.4 Å². The highest BCUT2D eigenvalue weighted by Crippen LogP contribution is 2.48. The van der Waals surface area contributed by atoms with Gasteiger partial charge in [-0.05, 0) is 44.7 Å². The summed E-state index contributed by atoms with van der Waals surface area (Å²) in [5.74, 6) is 0.906. The third-order valence-corrected chi connectivity index (χ3v) is 4.62. The fourth-order valence-electron chi connectivity index (χ4n) is 3.59. The summed E-state index contributed by atoms with van der Waals surface area (Å²) < 4.78 is 5.56. The molecule has 3 rings (SSSR count). The molecule has 1 aliphatic heterocycles. The molecule has 1 aliphatic rings. The fourth-order valence-corrected chi connectivity index (χ4v) is 3.59. The highest BCUT2D eigenvalue weighted by molar-refractivity contribution is 6.07. The molecule has 0 radical (unpaired) electrons. The summed E-state index contributed by atoms with van der Waals surface area (Å²) in [6, 6.07) is 5.94. The predicted octanol–water partition coefficient (Wildman–Crippen LogP) is 3.73. The summed E-state index contributed by atoms with van der Waals surface area (Å²) in [6.07, 6.45) is 4.04. The van der Waals surface area contributed by atoms with Gasteiger partial charge < -0.3 is 4.74 Å². The molecule has 0 aliphatic carbocycles. The highest BCUT2D eigenvalue weighted by atomic mass is 16.5. The van der Waals surface area contributed by atoms with E-state index in [4.69, 9.17) is 4.74 Å². The number of anilines is 1. The minimum Gasteiger partial charge on any atom is -0.495 e. The number of rotatable bonds is 2. The molecule has 0 N–H and O–H groups in total. The Balaban J connectivity index is 2.17. The number of methoxy groups -OCH3 is 1. The zero-order valence-corrected chi connectivity index (χ0v) is 14.8. The van der Waals surface area contributed by atoms with E-state index in [9.17, 15) is 4.79 Å². The van der Waals surface area contributed by atoms with Crippen molar-refractivity contribution in [3.05, 3.63) is 47.5 Å². The second-order valence-electron chi connectivity index (χ2n) is 7.00. The molecule has 126 valence electrons. The Kier molecular flexibility index (Phi) is 4.03. The number of carbonyl (C=O) groups excluding carboxylic acids is 1. The Bertz CT molecular complexity index is 769. The Hall–Kier alpha value is -2.43. The van der Waals surface area contributed by atoms with E-state index in [0.717, 1.165) is 23.4 Å². The van der Waals surface area contributed by atoms with Gasteiger partial charge in [0.2, 0.25) is 0 Å². The third-order valence-electron chi connectivity index (χ3n) is 4.62. The molecule has 0 spiro atoms. The average molecular weight is 325 g/mol. The van der Waals surface area contributed by atoms with Gasteiger partial charge in [0.05, 0.1) is 24.7 Å². The van der Waals surface area contributed by atoms with Crippen molar-refractivity contribution in [1.29, 1.82) is 0 Å². The number of aryl methyl sites for hydroxylation is 1. The number of amides is 1. The van der Waals surface area contributed by atoms with E-state index in [2.05, 4.69) is 36.8 Å². The highest BCUT2D eigenvalue weighted by Gasteiger charge is 2.42. The number of ether oxygens (including phenoxy) is 1. The molecule has 5 nitrogen and oxygen atoms in total. The second-order valence-corrected chi connectivity index (χ2v) is 7.00. The molecule has 1 atom stereocenters. The SMILES string of the molecule is COc1cccc2c1N(C(=O)c1cnc(C)cn1)C(C)(C)CC2C. The minimum atomic E-state index is -0.343. The summed E-state index contributed by atoms with van der Waals surface area (Å²) in [4.78, 5) is 23.5. The first-order valence-electron chi connectivity index (χ1n) is 8.15. The van der Waals surface area contributed by atoms with Gasteiger partial charge >= 0.3 is 0 Å². The summed E-state index contributed by atoms with van der Waals surface area (Å²) in [7, 11) is 1.64. The van der Waals surface area contributed by atoms with E-state index in [0.29, 0.717) is 17.4 Å². The van der Waals surface area contributed by atoms with Gasteiger partial charge in [-0.15, -0.1) is 0 Å². The van der Waals surface area contributed by atoms with Crippen molar-refractivity contribution in [2.24, 2.45) is 0 Å². The predicted molar refractivity (Wildman–Crippen MR) is 93.7 cm³/mol. The number of nitrogens with zero attached hydrogens (tertiary/aromatic N) is 3. The molecule has 2 aromatic rings. The molecule has 1 aromatic heterocycles. The van der Waals surface area contributed by atoms with Gasteiger partial charge in [0, 0.05) is 11.7 Å². The lowest BCUT2D eigenvalue weighted by Gasteiger charge is -2.46. The average Bonchev–Trinajstić information content (AvgIpc) is 2.54. The molecule has 24 heavy (non-hydrogen) atoms. The Morgan fingerprint density at radius 2 is 2.04 bits per heavy atom. The van der Waals surface area contributed by atoms with Gasteiger partial charge in [0.25, 0.3) is 5.91 Å². The Morgan fingerprint density at radius 1 is 1.29 bits per heavy atom. The monoisotopic (exact) mass is 325 g/mol. The van der Waals surface area contributed by atoms with Crippen molar-refractivity contribution >= 4 is 11.6 Å². The van der Waals surface area contributed by atoms with Crippen molar-refractivity contribution < 1.29 is 9.53 Å². The van der Waals surface area contributed by atoms with E-state index in [1.807, 2.05) is 24.0 Å². The number of carbonyl (C=O) groups is 1. The van der Waals surface area contributed by atoms with Crippen molar-refractivity contribution in [1.82, 2.24) is 9.97 Å². The lowest BCUT2D eigenvalue weighted by molar-refractivity contribution is 0.0947. The number of hydrogen-bond donors (Lipinski definition) is 0.